The van der Waals surface area contributed by atoms with Crippen molar-refractivity contribution in [2.75, 3.05) is 26.7 Å². The molecule has 0 aliphatic carbocycles. The number of hydrogen-bond donors (Lipinski definition) is 2. The SMILES string of the molecule is CCCCN(C)S(=O)(=O)NCC[C@@H]1CCCN1. The van der Waals surface area contributed by atoms with Gasteiger partial charge < -0.3 is 5.32 Å². The Hall–Kier alpha value is -0.170. The largest absolute Gasteiger partial charge is 0.314 e. The Bertz CT molecular complexity index is 300. The van der Waals surface area contributed by atoms with Crippen molar-refractivity contribution in [1.82, 2.24) is 14.3 Å². The standard InChI is InChI=1S/C11H25N3O2S/c1-3-4-10-14(2)17(15,16)13-9-7-11-6-5-8-12-11/h11-13H,3-10H2,1-2H3/t11-/m0/s1. The molecule has 1 heterocycles. The van der Waals surface area contributed by atoms with Gasteiger partial charge in [-0.2, -0.15) is 12.7 Å². The lowest BCUT2D eigenvalue weighted by Crippen LogP contribution is -2.40. The minimum absolute atomic E-state index is 0.485. The van der Waals surface area contributed by atoms with Crippen LogP contribution in [0.15, 0.2) is 0 Å². The molecule has 5 nitrogen and oxygen atoms in total. The molecule has 1 aliphatic rings. The minimum Gasteiger partial charge on any atom is -0.314 e. The summed E-state index contributed by atoms with van der Waals surface area (Å²) in [5.74, 6) is 0. The smallest absolute Gasteiger partial charge is 0.279 e. The zero-order valence-corrected chi connectivity index (χ0v) is 11.7. The van der Waals surface area contributed by atoms with Crippen LogP contribution < -0.4 is 10.0 Å². The molecular weight excluding hydrogens is 238 g/mol. The molecule has 0 radical (unpaired) electrons. The molecule has 1 rings (SSSR count). The Balaban J connectivity index is 2.23. The first-order valence-corrected chi connectivity index (χ1v) is 7.94. The van der Waals surface area contributed by atoms with Crippen molar-refractivity contribution in [3.63, 3.8) is 0 Å². The Kier molecular flexibility index (Phi) is 6.40. The van der Waals surface area contributed by atoms with Crippen LogP contribution in [0.2, 0.25) is 0 Å². The molecule has 6 heteroatoms. The molecule has 102 valence electrons. The van der Waals surface area contributed by atoms with Gasteiger partial charge in [0, 0.05) is 26.2 Å². The Morgan fingerprint density at radius 1 is 1.47 bits per heavy atom. The van der Waals surface area contributed by atoms with Crippen molar-refractivity contribution in [3.05, 3.63) is 0 Å². The number of rotatable bonds is 8. The quantitative estimate of drug-likeness (QED) is 0.677. The number of nitrogens with one attached hydrogen (secondary N) is 2. The fourth-order valence-electron chi connectivity index (χ4n) is 1.98. The van der Waals surface area contributed by atoms with Gasteiger partial charge in [0.05, 0.1) is 0 Å². The van der Waals surface area contributed by atoms with E-state index in [1.54, 1.807) is 7.05 Å². The zero-order chi connectivity index (χ0) is 12.7. The van der Waals surface area contributed by atoms with Crippen molar-refractivity contribution in [1.29, 1.82) is 0 Å². The molecular formula is C11H25N3O2S. The van der Waals surface area contributed by atoms with Crippen LogP contribution in [0.3, 0.4) is 0 Å². The summed E-state index contributed by atoms with van der Waals surface area (Å²) in [5.41, 5.74) is 0. The lowest BCUT2D eigenvalue weighted by atomic mass is 10.2. The highest BCUT2D eigenvalue weighted by Gasteiger charge is 2.18. The van der Waals surface area contributed by atoms with E-state index in [9.17, 15) is 8.42 Å². The van der Waals surface area contributed by atoms with E-state index in [2.05, 4.69) is 17.0 Å². The third kappa shape index (κ3) is 5.33. The maximum atomic E-state index is 11.8. The number of nitrogens with zero attached hydrogens (tertiary/aromatic N) is 1. The summed E-state index contributed by atoms with van der Waals surface area (Å²) >= 11 is 0. The van der Waals surface area contributed by atoms with Crippen molar-refractivity contribution in [3.8, 4) is 0 Å². The predicted molar refractivity (Wildman–Crippen MR) is 70.1 cm³/mol. The molecule has 0 unspecified atom stereocenters. The molecule has 1 saturated heterocycles. The van der Waals surface area contributed by atoms with E-state index in [1.807, 2.05) is 0 Å². The first kappa shape index (κ1) is 14.9. The van der Waals surface area contributed by atoms with Gasteiger partial charge in [-0.15, -0.1) is 0 Å². The van der Waals surface area contributed by atoms with Gasteiger partial charge in [0.2, 0.25) is 0 Å². The number of hydrogen-bond acceptors (Lipinski definition) is 3. The molecule has 2 N–H and O–H groups in total. The molecule has 1 aliphatic heterocycles. The highest BCUT2D eigenvalue weighted by atomic mass is 32.2. The van der Waals surface area contributed by atoms with Gasteiger partial charge in [-0.3, -0.25) is 0 Å². The van der Waals surface area contributed by atoms with E-state index in [1.165, 1.54) is 10.7 Å². The molecule has 1 atom stereocenters. The van der Waals surface area contributed by atoms with Crippen LogP contribution in [0.1, 0.15) is 39.0 Å². The molecule has 0 spiro atoms. The van der Waals surface area contributed by atoms with Crippen molar-refractivity contribution in [2.24, 2.45) is 0 Å². The summed E-state index contributed by atoms with van der Waals surface area (Å²) < 4.78 is 27.7. The third-order valence-electron chi connectivity index (χ3n) is 3.18. The molecule has 0 amide bonds. The summed E-state index contributed by atoms with van der Waals surface area (Å²) in [6.07, 6.45) is 5.15. The number of unbranched alkanes of at least 4 members (excludes halogenated alkanes) is 1. The van der Waals surface area contributed by atoms with Crippen LogP contribution in [-0.2, 0) is 10.2 Å². The molecule has 0 saturated carbocycles. The summed E-state index contributed by atoms with van der Waals surface area (Å²) in [6, 6.07) is 0.485. The molecule has 0 aromatic rings. The van der Waals surface area contributed by atoms with E-state index in [0.717, 1.165) is 32.2 Å². The van der Waals surface area contributed by atoms with Crippen LogP contribution in [0.25, 0.3) is 0 Å². The molecule has 0 aromatic heterocycles. The van der Waals surface area contributed by atoms with Gasteiger partial charge in [-0.05, 0) is 32.2 Å². The topological polar surface area (TPSA) is 61.4 Å². The zero-order valence-electron chi connectivity index (χ0n) is 10.9. The first-order valence-electron chi connectivity index (χ1n) is 6.50. The lowest BCUT2D eigenvalue weighted by molar-refractivity contribution is 0.445. The average molecular weight is 263 g/mol. The molecule has 0 bridgehead atoms. The normalized spacial score (nSPS) is 21.2. The fraction of sp³-hybridized carbons (Fsp3) is 1.00. The second-order valence-electron chi connectivity index (χ2n) is 4.66. The molecule has 0 aromatic carbocycles. The predicted octanol–water partition coefficient (Wildman–Crippen LogP) is 0.695. The summed E-state index contributed by atoms with van der Waals surface area (Å²) in [7, 11) is -1.64. The van der Waals surface area contributed by atoms with Gasteiger partial charge in [0.15, 0.2) is 0 Å². The average Bonchev–Trinajstić information content (AvgIpc) is 2.78. The van der Waals surface area contributed by atoms with Crippen LogP contribution in [0.5, 0.6) is 0 Å². The van der Waals surface area contributed by atoms with Crippen molar-refractivity contribution >= 4 is 10.2 Å². The Labute approximate surface area is 105 Å². The van der Waals surface area contributed by atoms with E-state index in [0.29, 0.717) is 19.1 Å². The van der Waals surface area contributed by atoms with Crippen molar-refractivity contribution in [2.45, 2.75) is 45.1 Å². The van der Waals surface area contributed by atoms with Gasteiger partial charge in [-0.25, -0.2) is 4.72 Å². The van der Waals surface area contributed by atoms with Gasteiger partial charge in [0.25, 0.3) is 10.2 Å². The van der Waals surface area contributed by atoms with E-state index < -0.39 is 10.2 Å². The second kappa shape index (κ2) is 7.31. The second-order valence-corrected chi connectivity index (χ2v) is 6.52. The van der Waals surface area contributed by atoms with Gasteiger partial charge in [0.1, 0.15) is 0 Å². The summed E-state index contributed by atoms with van der Waals surface area (Å²) in [5, 5.41) is 3.36. The third-order valence-corrected chi connectivity index (χ3v) is 4.75. The molecule has 17 heavy (non-hydrogen) atoms. The lowest BCUT2D eigenvalue weighted by Gasteiger charge is -2.18. The maximum absolute atomic E-state index is 11.8. The van der Waals surface area contributed by atoms with Crippen LogP contribution in [-0.4, -0.2) is 45.4 Å². The van der Waals surface area contributed by atoms with Crippen LogP contribution >= 0.6 is 0 Å². The summed E-state index contributed by atoms with van der Waals surface area (Å²) in [6.45, 7) is 4.23. The van der Waals surface area contributed by atoms with Crippen LogP contribution in [0, 0.1) is 0 Å². The first-order chi connectivity index (χ1) is 8.06. The minimum atomic E-state index is -3.27. The summed E-state index contributed by atoms with van der Waals surface area (Å²) in [4.78, 5) is 0. The Morgan fingerprint density at radius 2 is 2.24 bits per heavy atom. The van der Waals surface area contributed by atoms with Crippen molar-refractivity contribution < 1.29 is 8.42 Å². The van der Waals surface area contributed by atoms with Gasteiger partial charge >= 0.3 is 0 Å². The van der Waals surface area contributed by atoms with E-state index in [4.69, 9.17) is 0 Å². The van der Waals surface area contributed by atoms with E-state index >= 15 is 0 Å². The van der Waals surface area contributed by atoms with Gasteiger partial charge in [-0.1, -0.05) is 13.3 Å². The maximum Gasteiger partial charge on any atom is 0.279 e. The Morgan fingerprint density at radius 3 is 2.82 bits per heavy atom. The monoisotopic (exact) mass is 263 g/mol. The fourth-order valence-corrected chi connectivity index (χ4v) is 2.94. The van der Waals surface area contributed by atoms with E-state index in [-0.39, 0.29) is 0 Å². The van der Waals surface area contributed by atoms with Crippen LogP contribution in [0.4, 0.5) is 0 Å². The highest BCUT2D eigenvalue weighted by molar-refractivity contribution is 7.87. The molecule has 1 fully saturated rings. The highest BCUT2D eigenvalue weighted by Crippen LogP contribution is 2.08.